The smallest absolute Gasteiger partial charge is 0.234 e. The summed E-state index contributed by atoms with van der Waals surface area (Å²) in [6.45, 7) is 2.56. The molecular weight excluding hydrogens is 316 g/mol. The average Bonchev–Trinajstić information content (AvgIpc) is 2.96. The van der Waals surface area contributed by atoms with Crippen molar-refractivity contribution < 1.29 is 9.90 Å². The fourth-order valence-corrected chi connectivity index (χ4v) is 4.47. The zero-order valence-corrected chi connectivity index (χ0v) is 13.8. The number of thiophene rings is 1. The third kappa shape index (κ3) is 3.52. The normalized spacial score (nSPS) is 16.7. The van der Waals surface area contributed by atoms with Gasteiger partial charge in [0.2, 0.25) is 5.91 Å². The predicted octanol–water partition coefficient (Wildman–Crippen LogP) is 3.18. The van der Waals surface area contributed by atoms with Crippen molar-refractivity contribution in [3.05, 3.63) is 46.8 Å². The van der Waals surface area contributed by atoms with E-state index >= 15 is 0 Å². The molecule has 6 heteroatoms. The second-order valence-electron chi connectivity index (χ2n) is 5.24. The summed E-state index contributed by atoms with van der Waals surface area (Å²) in [6, 6.07) is 11.8. The molecule has 2 unspecified atom stereocenters. The van der Waals surface area contributed by atoms with Crippen LogP contribution in [-0.2, 0) is 4.79 Å². The number of anilines is 1. The minimum Gasteiger partial charge on any atom is -0.387 e. The quantitative estimate of drug-likeness (QED) is 0.786. The van der Waals surface area contributed by atoms with Crippen molar-refractivity contribution in [3.63, 3.8) is 0 Å². The van der Waals surface area contributed by atoms with Gasteiger partial charge in [-0.15, -0.1) is 23.1 Å². The molecular formula is C16H18N2O2S2. The molecule has 0 radical (unpaired) electrons. The maximum absolute atomic E-state index is 11.4. The highest BCUT2D eigenvalue weighted by Gasteiger charge is 2.21. The number of thioether (sulfide) groups is 1. The highest BCUT2D eigenvalue weighted by atomic mass is 32.2. The van der Waals surface area contributed by atoms with Crippen molar-refractivity contribution in [2.75, 3.05) is 17.6 Å². The van der Waals surface area contributed by atoms with Crippen LogP contribution in [0.4, 0.5) is 5.69 Å². The Bertz CT molecular complexity index is 657. The molecule has 0 bridgehead atoms. The molecule has 1 aromatic heterocycles. The lowest BCUT2D eigenvalue weighted by Gasteiger charge is -2.16. The maximum Gasteiger partial charge on any atom is 0.234 e. The first kappa shape index (κ1) is 15.6. The molecule has 116 valence electrons. The lowest BCUT2D eigenvalue weighted by molar-refractivity contribution is -0.113. The summed E-state index contributed by atoms with van der Waals surface area (Å²) in [6.07, 6.45) is -0.521. The van der Waals surface area contributed by atoms with E-state index in [-0.39, 0.29) is 11.9 Å². The lowest BCUT2D eigenvalue weighted by Crippen LogP contribution is -2.24. The Hall–Kier alpha value is -1.34. The summed E-state index contributed by atoms with van der Waals surface area (Å²) in [5.41, 5.74) is 1.83. The minimum atomic E-state index is -0.521. The zero-order valence-electron chi connectivity index (χ0n) is 12.2. The molecule has 0 fully saturated rings. The number of nitrogens with one attached hydrogen (secondary N) is 2. The number of aliphatic hydroxyl groups is 1. The Kier molecular flexibility index (Phi) is 4.83. The second-order valence-corrected chi connectivity index (χ2v) is 7.57. The Morgan fingerprint density at radius 3 is 2.91 bits per heavy atom. The van der Waals surface area contributed by atoms with Gasteiger partial charge in [-0.1, -0.05) is 30.3 Å². The first-order valence-electron chi connectivity index (χ1n) is 7.16. The van der Waals surface area contributed by atoms with Gasteiger partial charge >= 0.3 is 0 Å². The summed E-state index contributed by atoms with van der Waals surface area (Å²) in [5, 5.41) is 16.4. The van der Waals surface area contributed by atoms with Crippen LogP contribution < -0.4 is 10.6 Å². The van der Waals surface area contributed by atoms with Crippen molar-refractivity contribution >= 4 is 34.7 Å². The van der Waals surface area contributed by atoms with Crippen LogP contribution >= 0.6 is 23.1 Å². The molecule has 1 aromatic carbocycles. The van der Waals surface area contributed by atoms with Gasteiger partial charge in [0, 0.05) is 17.5 Å². The van der Waals surface area contributed by atoms with Crippen molar-refractivity contribution in [2.24, 2.45) is 0 Å². The van der Waals surface area contributed by atoms with Gasteiger partial charge < -0.3 is 15.7 Å². The number of hydrogen-bond donors (Lipinski definition) is 3. The van der Waals surface area contributed by atoms with Crippen molar-refractivity contribution in [2.45, 2.75) is 23.3 Å². The maximum atomic E-state index is 11.4. The second kappa shape index (κ2) is 6.83. The number of hydrogen-bond acceptors (Lipinski definition) is 5. The third-order valence-electron chi connectivity index (χ3n) is 3.55. The molecule has 0 saturated heterocycles. The van der Waals surface area contributed by atoms with E-state index in [1.165, 1.54) is 4.88 Å². The van der Waals surface area contributed by atoms with Crippen LogP contribution in [0.25, 0.3) is 0 Å². The highest BCUT2D eigenvalue weighted by Crippen LogP contribution is 2.41. The molecule has 0 aliphatic carbocycles. The van der Waals surface area contributed by atoms with E-state index < -0.39 is 6.10 Å². The molecule has 2 aromatic rings. The van der Waals surface area contributed by atoms with Crippen molar-refractivity contribution in [3.8, 4) is 0 Å². The van der Waals surface area contributed by atoms with Gasteiger partial charge in [-0.3, -0.25) is 4.79 Å². The zero-order chi connectivity index (χ0) is 15.5. The molecule has 22 heavy (non-hydrogen) atoms. The van der Waals surface area contributed by atoms with E-state index in [1.54, 1.807) is 23.1 Å². The average molecular weight is 334 g/mol. The van der Waals surface area contributed by atoms with E-state index in [9.17, 15) is 9.90 Å². The molecule has 1 aliphatic rings. The van der Waals surface area contributed by atoms with Gasteiger partial charge in [0.05, 0.1) is 21.8 Å². The van der Waals surface area contributed by atoms with E-state index in [1.807, 2.05) is 36.4 Å². The number of carbonyl (C=O) groups excluding carboxylic acids is 1. The Labute approximate surface area is 137 Å². The van der Waals surface area contributed by atoms with Crippen molar-refractivity contribution in [1.29, 1.82) is 0 Å². The fraction of sp³-hybridized carbons (Fsp3) is 0.312. The van der Waals surface area contributed by atoms with Gasteiger partial charge in [-0.25, -0.2) is 0 Å². The molecule has 3 N–H and O–H groups in total. The van der Waals surface area contributed by atoms with E-state index in [0.717, 1.165) is 15.5 Å². The Morgan fingerprint density at radius 1 is 1.36 bits per heavy atom. The standard InChI is InChI=1S/C16H18N2O2S2/c1-10(17-8-13(19)11-5-3-2-4-6-11)14-7-12-16(22-14)21-9-15(20)18-12/h2-7,10,13,17,19H,8-9H2,1H3,(H,18,20). The van der Waals surface area contributed by atoms with Crippen LogP contribution in [0.1, 0.15) is 29.5 Å². The number of aliphatic hydroxyl groups excluding tert-OH is 1. The van der Waals surface area contributed by atoms with Gasteiger partial charge in [0.15, 0.2) is 0 Å². The largest absolute Gasteiger partial charge is 0.387 e. The van der Waals surface area contributed by atoms with Crippen molar-refractivity contribution in [1.82, 2.24) is 5.32 Å². The first-order chi connectivity index (χ1) is 10.6. The molecule has 2 atom stereocenters. The summed E-state index contributed by atoms with van der Waals surface area (Å²) in [5.74, 6) is 0.545. The summed E-state index contributed by atoms with van der Waals surface area (Å²) in [4.78, 5) is 12.6. The van der Waals surface area contributed by atoms with Gasteiger partial charge in [0.1, 0.15) is 0 Å². The lowest BCUT2D eigenvalue weighted by atomic mass is 10.1. The number of benzene rings is 1. The van der Waals surface area contributed by atoms with E-state index in [0.29, 0.717) is 12.3 Å². The minimum absolute atomic E-state index is 0.0574. The van der Waals surface area contributed by atoms with Crippen LogP contribution in [-0.4, -0.2) is 23.3 Å². The topological polar surface area (TPSA) is 61.4 Å². The van der Waals surface area contributed by atoms with Gasteiger partial charge in [-0.05, 0) is 18.6 Å². The SMILES string of the molecule is CC(NCC(O)c1ccccc1)c1cc2c(s1)SCC(=O)N2. The van der Waals surface area contributed by atoms with Gasteiger partial charge in [-0.2, -0.15) is 0 Å². The third-order valence-corrected chi connectivity index (χ3v) is 6.16. The number of rotatable bonds is 5. The molecule has 0 saturated carbocycles. The summed E-state index contributed by atoms with van der Waals surface area (Å²) < 4.78 is 1.16. The number of fused-ring (bicyclic) bond motifs is 1. The Balaban J connectivity index is 1.60. The van der Waals surface area contributed by atoms with Crippen LogP contribution in [0.5, 0.6) is 0 Å². The van der Waals surface area contributed by atoms with Crippen LogP contribution in [0.2, 0.25) is 0 Å². The predicted molar refractivity (Wildman–Crippen MR) is 91.5 cm³/mol. The number of amides is 1. The van der Waals surface area contributed by atoms with Crippen LogP contribution in [0, 0.1) is 0 Å². The van der Waals surface area contributed by atoms with E-state index in [2.05, 4.69) is 17.6 Å². The van der Waals surface area contributed by atoms with E-state index in [4.69, 9.17) is 0 Å². The van der Waals surface area contributed by atoms with Crippen LogP contribution in [0.3, 0.4) is 0 Å². The molecule has 1 amide bonds. The molecule has 3 rings (SSSR count). The molecule has 4 nitrogen and oxygen atoms in total. The molecule has 2 heterocycles. The number of carbonyl (C=O) groups is 1. The van der Waals surface area contributed by atoms with Gasteiger partial charge in [0.25, 0.3) is 0 Å². The molecule has 0 spiro atoms. The fourth-order valence-electron chi connectivity index (χ4n) is 2.30. The summed E-state index contributed by atoms with van der Waals surface area (Å²) in [7, 11) is 0. The first-order valence-corrected chi connectivity index (χ1v) is 8.96. The summed E-state index contributed by atoms with van der Waals surface area (Å²) >= 11 is 3.28. The molecule has 1 aliphatic heterocycles. The van der Waals surface area contributed by atoms with Crippen LogP contribution in [0.15, 0.2) is 40.6 Å². The Morgan fingerprint density at radius 2 is 2.14 bits per heavy atom. The monoisotopic (exact) mass is 334 g/mol. The highest BCUT2D eigenvalue weighted by molar-refractivity contribution is 8.02.